The lowest BCUT2D eigenvalue weighted by molar-refractivity contribution is -0.131. The normalized spacial score (nSPS) is 12.2. The summed E-state index contributed by atoms with van der Waals surface area (Å²) in [5.74, 6) is -2.19. The predicted octanol–water partition coefficient (Wildman–Crippen LogP) is 0.460. The molecule has 0 aromatic heterocycles. The second kappa shape index (κ2) is 4.72. The number of phenols is 1. The molecule has 6 heteroatoms. The standard InChI is InChI=1S/C9H10FNO4/c10-6-3-5(1-2-7(6)12)8(13)4-9(14)11-15/h1-3,8,12-13,15H,4H2,(H,11,14). The molecule has 1 atom stereocenters. The van der Waals surface area contributed by atoms with Gasteiger partial charge in [0.05, 0.1) is 12.5 Å². The number of phenolic OH excluding ortho intramolecular Hbond substituents is 1. The number of amides is 1. The van der Waals surface area contributed by atoms with Gasteiger partial charge in [0.1, 0.15) is 0 Å². The summed E-state index contributed by atoms with van der Waals surface area (Å²) in [5, 5.41) is 26.5. The van der Waals surface area contributed by atoms with Gasteiger partial charge in [0.15, 0.2) is 11.6 Å². The van der Waals surface area contributed by atoms with Crippen LogP contribution in [0.4, 0.5) is 4.39 Å². The molecule has 4 N–H and O–H groups in total. The Kier molecular flexibility index (Phi) is 3.59. The van der Waals surface area contributed by atoms with E-state index in [-0.39, 0.29) is 12.0 Å². The monoisotopic (exact) mass is 215 g/mol. The van der Waals surface area contributed by atoms with Crippen molar-refractivity contribution in [2.45, 2.75) is 12.5 Å². The lowest BCUT2D eigenvalue weighted by Crippen LogP contribution is -2.21. The van der Waals surface area contributed by atoms with Crippen LogP contribution in [0.1, 0.15) is 18.1 Å². The SMILES string of the molecule is O=C(CC(O)c1ccc(O)c(F)c1)NO. The number of hydrogen-bond acceptors (Lipinski definition) is 4. The molecule has 1 amide bonds. The van der Waals surface area contributed by atoms with Gasteiger partial charge in [-0.05, 0) is 17.7 Å². The van der Waals surface area contributed by atoms with Crippen LogP contribution in [0.15, 0.2) is 18.2 Å². The summed E-state index contributed by atoms with van der Waals surface area (Å²) < 4.78 is 12.8. The predicted molar refractivity (Wildman–Crippen MR) is 47.6 cm³/mol. The van der Waals surface area contributed by atoms with Crippen LogP contribution >= 0.6 is 0 Å². The van der Waals surface area contributed by atoms with Gasteiger partial charge in [-0.25, -0.2) is 9.87 Å². The highest BCUT2D eigenvalue weighted by Gasteiger charge is 2.14. The summed E-state index contributed by atoms with van der Waals surface area (Å²) in [6, 6.07) is 3.28. The summed E-state index contributed by atoms with van der Waals surface area (Å²) in [4.78, 5) is 10.7. The summed E-state index contributed by atoms with van der Waals surface area (Å²) in [6.07, 6.45) is -1.62. The highest BCUT2D eigenvalue weighted by Crippen LogP contribution is 2.22. The van der Waals surface area contributed by atoms with Crippen LogP contribution in [0, 0.1) is 5.82 Å². The van der Waals surface area contributed by atoms with Crippen LogP contribution in [0.5, 0.6) is 5.75 Å². The first-order chi connectivity index (χ1) is 7.04. The molecule has 0 aliphatic carbocycles. The van der Waals surface area contributed by atoms with Crippen molar-refractivity contribution >= 4 is 5.91 Å². The van der Waals surface area contributed by atoms with Crippen LogP contribution in [0.2, 0.25) is 0 Å². The van der Waals surface area contributed by atoms with Gasteiger partial charge in [0, 0.05) is 0 Å². The van der Waals surface area contributed by atoms with Crippen LogP contribution in [-0.2, 0) is 4.79 Å². The molecule has 0 saturated carbocycles. The van der Waals surface area contributed by atoms with E-state index < -0.39 is 23.6 Å². The number of halogens is 1. The van der Waals surface area contributed by atoms with Crippen LogP contribution in [-0.4, -0.2) is 21.3 Å². The molecule has 1 unspecified atom stereocenters. The van der Waals surface area contributed by atoms with E-state index in [9.17, 15) is 14.3 Å². The van der Waals surface area contributed by atoms with Crippen molar-refractivity contribution in [2.75, 3.05) is 0 Å². The highest BCUT2D eigenvalue weighted by molar-refractivity contribution is 5.75. The first-order valence-corrected chi connectivity index (χ1v) is 4.14. The van der Waals surface area contributed by atoms with E-state index in [1.165, 1.54) is 11.5 Å². The molecular formula is C9H10FNO4. The lowest BCUT2D eigenvalue weighted by atomic mass is 10.1. The second-order valence-corrected chi connectivity index (χ2v) is 2.97. The zero-order chi connectivity index (χ0) is 11.4. The Morgan fingerprint density at radius 1 is 1.53 bits per heavy atom. The molecule has 1 rings (SSSR count). The van der Waals surface area contributed by atoms with Gasteiger partial charge in [-0.15, -0.1) is 0 Å². The summed E-state index contributed by atoms with van der Waals surface area (Å²) in [5.41, 5.74) is 1.50. The molecule has 0 radical (unpaired) electrons. The van der Waals surface area contributed by atoms with Crippen LogP contribution < -0.4 is 5.48 Å². The zero-order valence-electron chi connectivity index (χ0n) is 7.64. The maximum absolute atomic E-state index is 12.8. The second-order valence-electron chi connectivity index (χ2n) is 2.97. The molecule has 0 heterocycles. The minimum atomic E-state index is -1.23. The van der Waals surface area contributed by atoms with Gasteiger partial charge in [-0.3, -0.25) is 10.0 Å². The van der Waals surface area contributed by atoms with E-state index in [1.807, 2.05) is 0 Å². The number of hydroxylamine groups is 1. The van der Waals surface area contributed by atoms with Gasteiger partial charge in [-0.2, -0.15) is 0 Å². The number of hydrogen-bond donors (Lipinski definition) is 4. The van der Waals surface area contributed by atoms with Gasteiger partial charge in [-0.1, -0.05) is 6.07 Å². The number of rotatable bonds is 3. The average Bonchev–Trinajstić information content (AvgIpc) is 2.21. The van der Waals surface area contributed by atoms with Crippen molar-refractivity contribution in [3.63, 3.8) is 0 Å². The minimum absolute atomic E-state index is 0.147. The average molecular weight is 215 g/mol. The zero-order valence-corrected chi connectivity index (χ0v) is 7.64. The van der Waals surface area contributed by atoms with Crippen molar-refractivity contribution in [3.05, 3.63) is 29.6 Å². The van der Waals surface area contributed by atoms with E-state index in [0.29, 0.717) is 0 Å². The van der Waals surface area contributed by atoms with Crippen molar-refractivity contribution in [1.29, 1.82) is 0 Å². The molecule has 5 nitrogen and oxygen atoms in total. The van der Waals surface area contributed by atoms with Crippen molar-refractivity contribution in [3.8, 4) is 5.75 Å². The molecule has 1 aromatic rings. The molecule has 1 aromatic carbocycles. The molecule has 82 valence electrons. The number of carbonyl (C=O) groups is 1. The van der Waals surface area contributed by atoms with Crippen molar-refractivity contribution in [1.82, 2.24) is 5.48 Å². The van der Waals surface area contributed by atoms with Crippen LogP contribution in [0.3, 0.4) is 0 Å². The Labute approximate surface area is 84.7 Å². The molecule has 0 saturated heterocycles. The van der Waals surface area contributed by atoms with Gasteiger partial charge >= 0.3 is 0 Å². The van der Waals surface area contributed by atoms with Crippen molar-refractivity contribution in [2.24, 2.45) is 0 Å². The summed E-state index contributed by atoms with van der Waals surface area (Å²) >= 11 is 0. The lowest BCUT2D eigenvalue weighted by Gasteiger charge is -2.09. The van der Waals surface area contributed by atoms with Crippen LogP contribution in [0.25, 0.3) is 0 Å². The fourth-order valence-corrected chi connectivity index (χ4v) is 1.07. The molecule has 0 bridgehead atoms. The Morgan fingerprint density at radius 2 is 2.20 bits per heavy atom. The number of nitrogens with one attached hydrogen (secondary N) is 1. The third-order valence-corrected chi connectivity index (χ3v) is 1.86. The first kappa shape index (κ1) is 11.4. The van der Waals surface area contributed by atoms with E-state index in [1.54, 1.807) is 0 Å². The number of aliphatic hydroxyl groups excluding tert-OH is 1. The van der Waals surface area contributed by atoms with E-state index in [0.717, 1.165) is 12.1 Å². The molecule has 0 spiro atoms. The molecular weight excluding hydrogens is 205 g/mol. The molecule has 0 aliphatic rings. The van der Waals surface area contributed by atoms with Gasteiger partial charge < -0.3 is 10.2 Å². The van der Waals surface area contributed by atoms with E-state index in [4.69, 9.17) is 10.3 Å². The maximum Gasteiger partial charge on any atom is 0.246 e. The molecule has 15 heavy (non-hydrogen) atoms. The third kappa shape index (κ3) is 2.90. The van der Waals surface area contributed by atoms with Gasteiger partial charge in [0.2, 0.25) is 5.91 Å². The highest BCUT2D eigenvalue weighted by atomic mass is 19.1. The topological polar surface area (TPSA) is 89.8 Å². The Hall–Kier alpha value is -1.66. The largest absolute Gasteiger partial charge is 0.505 e. The first-order valence-electron chi connectivity index (χ1n) is 4.14. The number of benzene rings is 1. The summed E-state index contributed by atoms with van der Waals surface area (Å²) in [6.45, 7) is 0. The molecule has 0 fully saturated rings. The van der Waals surface area contributed by atoms with E-state index in [2.05, 4.69) is 0 Å². The Balaban J connectivity index is 2.78. The Morgan fingerprint density at radius 3 is 2.73 bits per heavy atom. The van der Waals surface area contributed by atoms with E-state index >= 15 is 0 Å². The number of aromatic hydroxyl groups is 1. The number of carbonyl (C=O) groups excluding carboxylic acids is 1. The van der Waals surface area contributed by atoms with Gasteiger partial charge in [0.25, 0.3) is 0 Å². The van der Waals surface area contributed by atoms with Crippen molar-refractivity contribution < 1.29 is 24.6 Å². The third-order valence-electron chi connectivity index (χ3n) is 1.86. The number of aliphatic hydroxyl groups is 1. The fourth-order valence-electron chi connectivity index (χ4n) is 1.07. The quantitative estimate of drug-likeness (QED) is 0.435. The summed E-state index contributed by atoms with van der Waals surface area (Å²) in [7, 11) is 0. The minimum Gasteiger partial charge on any atom is -0.505 e. The fraction of sp³-hybridized carbons (Fsp3) is 0.222. The molecule has 0 aliphatic heterocycles. The maximum atomic E-state index is 12.8. The smallest absolute Gasteiger partial charge is 0.246 e. The Bertz CT molecular complexity index is 369.